The molecule has 0 aromatic carbocycles. The summed E-state index contributed by atoms with van der Waals surface area (Å²) in [6.07, 6.45) is -1.34. The summed E-state index contributed by atoms with van der Waals surface area (Å²) in [5.41, 5.74) is 6.04. The molecule has 10 nitrogen and oxygen atoms in total. The average Bonchev–Trinajstić information content (AvgIpc) is 2.14. The Morgan fingerprint density at radius 3 is 1.68 bits per heavy atom. The van der Waals surface area contributed by atoms with E-state index in [9.17, 15) is 29.1 Å². The van der Waals surface area contributed by atoms with Crippen LogP contribution >= 0.6 is 0 Å². The van der Waals surface area contributed by atoms with Crippen molar-refractivity contribution in [3.05, 3.63) is 0 Å². The van der Waals surface area contributed by atoms with Crippen LogP contribution in [0.3, 0.4) is 0 Å². The van der Waals surface area contributed by atoms with Gasteiger partial charge in [0.05, 0.1) is 6.42 Å². The van der Waals surface area contributed by atoms with Gasteiger partial charge in [-0.2, -0.15) is 0 Å². The molecule has 2 amide bonds. The molecule has 0 aliphatic rings. The van der Waals surface area contributed by atoms with Gasteiger partial charge >= 0.3 is 41.5 Å². The van der Waals surface area contributed by atoms with Gasteiger partial charge < -0.3 is 26.8 Å². The third-order valence-electron chi connectivity index (χ3n) is 2.05. The Morgan fingerprint density at radius 1 is 1.05 bits per heavy atom. The number of Topliss-reactive ketones (excluding diaryl/α,β-unsaturated/α-hetero) is 1. The first kappa shape index (κ1) is 19.8. The number of hydrogen-bond donors (Lipinski definition) is 5. The van der Waals surface area contributed by atoms with E-state index in [4.69, 9.17) is 10.2 Å². The van der Waals surface area contributed by atoms with Crippen LogP contribution in [0.4, 0.5) is 0 Å². The van der Waals surface area contributed by atoms with E-state index in [0.29, 0.717) is 0 Å². The number of carboxylic acid groups (broad SMARTS) is 2. The molecule has 0 aliphatic carbocycles. The van der Waals surface area contributed by atoms with E-state index in [1.165, 1.54) is 0 Å². The van der Waals surface area contributed by atoms with Gasteiger partial charge in [-0.3, -0.25) is 14.4 Å². The van der Waals surface area contributed by atoms with Crippen molar-refractivity contribution in [2.45, 2.75) is 12.0 Å². The molecule has 100 valence electrons. The van der Waals surface area contributed by atoms with Crippen LogP contribution in [0.2, 0.25) is 0 Å². The number of ketones is 1. The third kappa shape index (κ3) is 4.59. The van der Waals surface area contributed by atoms with E-state index in [0.717, 1.165) is 0 Å². The van der Waals surface area contributed by atoms with E-state index in [1.54, 1.807) is 0 Å². The normalized spacial score (nSPS) is 14.4. The number of hydrogen-bond acceptors (Lipinski definition) is 6. The van der Waals surface area contributed by atoms with Gasteiger partial charge in [0.25, 0.3) is 5.78 Å². The predicted octanol–water partition coefficient (Wildman–Crippen LogP) is -6.56. The number of carboxylic acids is 2. The van der Waals surface area contributed by atoms with Crippen LogP contribution in [-0.4, -0.2) is 50.5 Å². The second-order valence-corrected chi connectivity index (χ2v) is 3.38. The monoisotopic (exact) mass is 285 g/mol. The Hall–Kier alpha value is -1.49. The Morgan fingerprint density at radius 2 is 1.47 bits per heavy atom. The van der Waals surface area contributed by atoms with E-state index in [1.807, 2.05) is 0 Å². The van der Waals surface area contributed by atoms with Crippen LogP contribution in [0.25, 0.3) is 0 Å². The molecule has 0 aromatic heterocycles. The fraction of sp³-hybridized carbons (Fsp3) is 0.375. The zero-order valence-corrected chi connectivity index (χ0v) is 11.8. The molecule has 0 saturated carbocycles. The number of aliphatic carboxylic acids is 2. The van der Waals surface area contributed by atoms with Crippen LogP contribution < -0.4 is 41.0 Å². The number of carbonyl (C=O) groups is 5. The first-order valence-corrected chi connectivity index (χ1v) is 4.34. The van der Waals surface area contributed by atoms with Gasteiger partial charge in [-0.15, -0.1) is 0 Å². The molecule has 19 heavy (non-hydrogen) atoms. The Labute approximate surface area is 128 Å². The molecule has 0 aromatic rings. The summed E-state index contributed by atoms with van der Waals surface area (Å²) in [6.45, 7) is 0. The van der Waals surface area contributed by atoms with Gasteiger partial charge in [0.2, 0.25) is 11.8 Å². The molecule has 0 spiro atoms. The minimum absolute atomic E-state index is 0. The average molecular weight is 285 g/mol. The minimum atomic E-state index is -3.30. The molecule has 0 fully saturated rings. The van der Waals surface area contributed by atoms with Gasteiger partial charge in [0.1, 0.15) is 5.92 Å². The van der Waals surface area contributed by atoms with Crippen molar-refractivity contribution in [1.29, 1.82) is 0 Å². The zero-order chi connectivity index (χ0) is 14.7. The van der Waals surface area contributed by atoms with Crippen molar-refractivity contribution in [1.82, 2.24) is 0 Å². The number of nitrogens with two attached hydrogens (primary N) is 2. The van der Waals surface area contributed by atoms with E-state index in [2.05, 4.69) is 11.5 Å². The van der Waals surface area contributed by atoms with E-state index < -0.39 is 47.5 Å². The molecule has 2 unspecified atom stereocenters. The van der Waals surface area contributed by atoms with Gasteiger partial charge in [0.15, 0.2) is 5.60 Å². The number of primary amides is 2. The van der Waals surface area contributed by atoms with Crippen LogP contribution in [0, 0.1) is 5.92 Å². The van der Waals surface area contributed by atoms with Crippen molar-refractivity contribution in [3.63, 3.8) is 0 Å². The molecule has 0 radical (unpaired) electrons. The molecule has 0 saturated heterocycles. The summed E-state index contributed by atoms with van der Waals surface area (Å²) in [5.74, 6) is -12.0. The second kappa shape index (κ2) is 7.19. The first-order valence-electron chi connectivity index (χ1n) is 4.34. The molecule has 0 bridgehead atoms. The first-order chi connectivity index (χ1) is 8.04. The zero-order valence-electron chi connectivity index (χ0n) is 9.82. The summed E-state index contributed by atoms with van der Waals surface area (Å²) >= 11 is 0. The molecular weight excluding hydrogens is 275 g/mol. The van der Waals surface area contributed by atoms with Gasteiger partial charge in [0, 0.05) is 0 Å². The summed E-state index contributed by atoms with van der Waals surface area (Å²) in [4.78, 5) is 54.0. The summed E-state index contributed by atoms with van der Waals surface area (Å²) in [7, 11) is 0. The van der Waals surface area contributed by atoms with Crippen molar-refractivity contribution in [2.75, 3.05) is 0 Å². The Kier molecular flexibility index (Phi) is 7.50. The van der Waals surface area contributed by atoms with Crippen LogP contribution in [0.5, 0.6) is 0 Å². The molecular formula is C8H10N2NaO8+. The topological polar surface area (TPSA) is 198 Å². The van der Waals surface area contributed by atoms with Gasteiger partial charge in [-0.05, 0) is 0 Å². The van der Waals surface area contributed by atoms with E-state index >= 15 is 0 Å². The SMILES string of the molecule is NC(=O)CC(O)(C(=O)O)C(C(N)=O)C(=O)C(=O)O.[Na+]. The molecule has 0 rings (SSSR count). The number of rotatable bonds is 7. The van der Waals surface area contributed by atoms with Crippen molar-refractivity contribution < 1.29 is 68.8 Å². The maximum absolute atomic E-state index is 11.1. The molecule has 0 heterocycles. The van der Waals surface area contributed by atoms with Crippen LogP contribution in [0.1, 0.15) is 6.42 Å². The maximum Gasteiger partial charge on any atom is 1.00 e. The fourth-order valence-electron chi connectivity index (χ4n) is 1.27. The molecule has 7 N–H and O–H groups in total. The van der Waals surface area contributed by atoms with Crippen molar-refractivity contribution in [2.24, 2.45) is 17.4 Å². The summed E-state index contributed by atoms with van der Waals surface area (Å²) in [6, 6.07) is 0. The van der Waals surface area contributed by atoms with Crippen molar-refractivity contribution >= 4 is 29.5 Å². The molecule has 2 atom stereocenters. The fourth-order valence-corrected chi connectivity index (χ4v) is 1.27. The molecule has 11 heteroatoms. The van der Waals surface area contributed by atoms with Crippen molar-refractivity contribution in [3.8, 4) is 0 Å². The Balaban J connectivity index is 0. The second-order valence-electron chi connectivity index (χ2n) is 3.38. The largest absolute Gasteiger partial charge is 1.00 e. The minimum Gasteiger partial charge on any atom is -0.479 e. The van der Waals surface area contributed by atoms with E-state index in [-0.39, 0.29) is 29.6 Å². The standard InChI is InChI=1S/C8H10N2O8.Na/c9-2(11)1-8(18,7(16)17)3(5(10)13)4(12)6(14)15;/h3,18H,1H2,(H2,9,11)(H2,10,13)(H,14,15)(H,16,17);/q;+1. The Bertz CT molecular complexity index is 436. The van der Waals surface area contributed by atoms with Gasteiger partial charge in [-0.1, -0.05) is 0 Å². The third-order valence-corrected chi connectivity index (χ3v) is 2.05. The smallest absolute Gasteiger partial charge is 0.479 e. The summed E-state index contributed by atoms with van der Waals surface area (Å²) in [5, 5.41) is 26.7. The molecule has 0 aliphatic heterocycles. The number of aliphatic hydroxyl groups is 1. The number of carbonyl (C=O) groups excluding carboxylic acids is 3. The summed E-state index contributed by atoms with van der Waals surface area (Å²) < 4.78 is 0. The van der Waals surface area contributed by atoms with Crippen LogP contribution in [-0.2, 0) is 24.0 Å². The number of amides is 2. The predicted molar refractivity (Wildman–Crippen MR) is 51.7 cm³/mol. The quantitative estimate of drug-likeness (QED) is 0.172. The van der Waals surface area contributed by atoms with Crippen LogP contribution in [0.15, 0.2) is 0 Å². The van der Waals surface area contributed by atoms with Gasteiger partial charge in [-0.25, -0.2) is 9.59 Å². The maximum atomic E-state index is 11.1.